The zero-order chi connectivity index (χ0) is 13.6. The Hall–Kier alpha value is -2.17. The summed E-state index contributed by atoms with van der Waals surface area (Å²) in [7, 11) is 1.35. The predicted molar refractivity (Wildman–Crippen MR) is 65.4 cm³/mol. The first-order chi connectivity index (χ1) is 9.13. The van der Waals surface area contributed by atoms with Gasteiger partial charge in [-0.05, 0) is 24.5 Å². The number of hydrogen-bond acceptors (Lipinski definition) is 4. The number of benzene rings is 1. The van der Waals surface area contributed by atoms with Crippen molar-refractivity contribution in [3.05, 3.63) is 35.4 Å². The smallest absolute Gasteiger partial charge is 0.309 e. The van der Waals surface area contributed by atoms with Gasteiger partial charge in [0.25, 0.3) is 11.8 Å². The predicted octanol–water partition coefficient (Wildman–Crippen LogP) is 1.09. The second kappa shape index (κ2) is 4.19. The minimum absolute atomic E-state index is 0.0367. The van der Waals surface area contributed by atoms with Crippen LogP contribution in [0.3, 0.4) is 0 Å². The molecule has 1 saturated carbocycles. The maximum Gasteiger partial charge on any atom is 0.309 e. The van der Waals surface area contributed by atoms with Crippen LogP contribution in [-0.4, -0.2) is 36.3 Å². The highest BCUT2D eigenvalue weighted by Crippen LogP contribution is 2.41. The molecule has 19 heavy (non-hydrogen) atoms. The Labute approximate surface area is 110 Å². The highest BCUT2D eigenvalue weighted by atomic mass is 16.5. The van der Waals surface area contributed by atoms with Crippen molar-refractivity contribution < 1.29 is 19.1 Å². The fourth-order valence-corrected chi connectivity index (χ4v) is 2.53. The van der Waals surface area contributed by atoms with Crippen LogP contribution in [0.2, 0.25) is 0 Å². The number of rotatable bonds is 3. The van der Waals surface area contributed by atoms with E-state index in [1.54, 1.807) is 24.3 Å². The molecule has 2 amide bonds. The molecule has 0 aromatic heterocycles. The number of carbonyl (C=O) groups is 3. The summed E-state index contributed by atoms with van der Waals surface area (Å²) in [6.07, 6.45) is 0.681. The van der Waals surface area contributed by atoms with E-state index in [0.717, 1.165) is 0 Å². The lowest BCUT2D eigenvalue weighted by Gasteiger charge is -2.13. The van der Waals surface area contributed by atoms with Gasteiger partial charge in [0.1, 0.15) is 0 Å². The van der Waals surface area contributed by atoms with E-state index in [-0.39, 0.29) is 29.6 Å². The molecule has 0 unspecified atom stereocenters. The van der Waals surface area contributed by atoms with Crippen LogP contribution in [0.25, 0.3) is 0 Å². The summed E-state index contributed by atoms with van der Waals surface area (Å²) < 4.78 is 4.66. The molecule has 1 fully saturated rings. The van der Waals surface area contributed by atoms with E-state index < -0.39 is 0 Å². The van der Waals surface area contributed by atoms with Crippen LogP contribution in [-0.2, 0) is 9.53 Å². The normalized spacial score (nSPS) is 24.4. The molecule has 0 radical (unpaired) electrons. The minimum atomic E-state index is -0.267. The van der Waals surface area contributed by atoms with Gasteiger partial charge in [-0.3, -0.25) is 19.3 Å². The molecule has 98 valence electrons. The molecule has 0 bridgehead atoms. The summed E-state index contributed by atoms with van der Waals surface area (Å²) in [5.74, 6) is -0.933. The Morgan fingerprint density at radius 2 is 1.84 bits per heavy atom. The van der Waals surface area contributed by atoms with Gasteiger partial charge < -0.3 is 4.74 Å². The van der Waals surface area contributed by atoms with E-state index in [1.165, 1.54) is 12.0 Å². The molecule has 2 aliphatic rings. The SMILES string of the molecule is COC(=O)[C@H]1C[C@@H]1CN1C(=O)c2ccccc2C1=O. The second-order valence-electron chi connectivity index (χ2n) is 4.89. The number of ether oxygens (including phenoxy) is 1. The van der Waals surface area contributed by atoms with Gasteiger partial charge in [0.2, 0.25) is 0 Å². The third kappa shape index (κ3) is 1.82. The number of carbonyl (C=O) groups excluding carboxylic acids is 3. The van der Waals surface area contributed by atoms with Crippen molar-refractivity contribution in [1.29, 1.82) is 0 Å². The van der Waals surface area contributed by atoms with Gasteiger partial charge in [0, 0.05) is 6.54 Å². The van der Waals surface area contributed by atoms with E-state index >= 15 is 0 Å². The van der Waals surface area contributed by atoms with Gasteiger partial charge in [-0.15, -0.1) is 0 Å². The molecule has 0 N–H and O–H groups in total. The van der Waals surface area contributed by atoms with Crippen LogP contribution >= 0.6 is 0 Å². The zero-order valence-corrected chi connectivity index (χ0v) is 10.5. The van der Waals surface area contributed by atoms with Gasteiger partial charge in [0.05, 0.1) is 24.2 Å². The topological polar surface area (TPSA) is 63.7 Å². The van der Waals surface area contributed by atoms with Gasteiger partial charge >= 0.3 is 5.97 Å². The van der Waals surface area contributed by atoms with Gasteiger partial charge in [-0.2, -0.15) is 0 Å². The van der Waals surface area contributed by atoms with E-state index in [4.69, 9.17) is 0 Å². The van der Waals surface area contributed by atoms with Crippen LogP contribution in [0.15, 0.2) is 24.3 Å². The molecule has 1 aliphatic heterocycles. The Kier molecular flexibility index (Phi) is 2.62. The lowest BCUT2D eigenvalue weighted by molar-refractivity contribution is -0.142. The van der Waals surface area contributed by atoms with Gasteiger partial charge in [-0.25, -0.2) is 0 Å². The number of nitrogens with zero attached hydrogens (tertiary/aromatic N) is 1. The summed E-state index contributed by atoms with van der Waals surface area (Å²) in [6.45, 7) is 0.298. The Balaban J connectivity index is 1.74. The van der Waals surface area contributed by atoms with Crippen LogP contribution in [0.5, 0.6) is 0 Å². The monoisotopic (exact) mass is 259 g/mol. The molecular formula is C14H13NO4. The first kappa shape index (κ1) is 11.9. The standard InChI is InChI=1S/C14H13NO4/c1-19-14(18)11-6-8(11)7-15-12(16)9-4-2-3-5-10(9)13(15)17/h2-5,8,11H,6-7H2,1H3/t8-,11+/m1/s1. The first-order valence-corrected chi connectivity index (χ1v) is 6.16. The lowest BCUT2D eigenvalue weighted by atomic mass is 10.1. The van der Waals surface area contributed by atoms with Crippen LogP contribution in [0.1, 0.15) is 27.1 Å². The van der Waals surface area contributed by atoms with Crippen LogP contribution in [0, 0.1) is 11.8 Å². The molecule has 3 rings (SSSR count). The van der Waals surface area contributed by atoms with Crippen molar-refractivity contribution in [2.24, 2.45) is 11.8 Å². The van der Waals surface area contributed by atoms with Crippen LogP contribution in [0.4, 0.5) is 0 Å². The molecular weight excluding hydrogens is 246 g/mol. The Bertz CT molecular complexity index is 546. The molecule has 5 nitrogen and oxygen atoms in total. The third-order valence-electron chi connectivity index (χ3n) is 3.72. The van der Waals surface area contributed by atoms with Gasteiger partial charge in [-0.1, -0.05) is 12.1 Å². The summed E-state index contributed by atoms with van der Waals surface area (Å²) in [6, 6.07) is 6.78. The van der Waals surface area contributed by atoms with E-state index in [1.807, 2.05) is 0 Å². The molecule has 0 spiro atoms. The summed E-state index contributed by atoms with van der Waals surface area (Å²) in [5, 5.41) is 0. The minimum Gasteiger partial charge on any atom is -0.469 e. The summed E-state index contributed by atoms with van der Waals surface area (Å²) in [5.41, 5.74) is 0.894. The lowest BCUT2D eigenvalue weighted by Crippen LogP contribution is -2.32. The Morgan fingerprint density at radius 1 is 1.26 bits per heavy atom. The number of amides is 2. The molecule has 1 aromatic rings. The number of hydrogen-bond donors (Lipinski definition) is 0. The van der Waals surface area contributed by atoms with Crippen molar-refractivity contribution >= 4 is 17.8 Å². The van der Waals surface area contributed by atoms with E-state index in [9.17, 15) is 14.4 Å². The fourth-order valence-electron chi connectivity index (χ4n) is 2.53. The number of imide groups is 1. The average Bonchev–Trinajstić information content (AvgIpc) is 3.17. The summed E-state index contributed by atoms with van der Waals surface area (Å²) >= 11 is 0. The number of esters is 1. The molecule has 0 saturated heterocycles. The molecule has 1 aliphatic carbocycles. The van der Waals surface area contributed by atoms with Crippen molar-refractivity contribution in [3.8, 4) is 0 Å². The largest absolute Gasteiger partial charge is 0.469 e. The molecule has 1 aromatic carbocycles. The number of methoxy groups -OCH3 is 1. The van der Waals surface area contributed by atoms with Crippen molar-refractivity contribution in [1.82, 2.24) is 4.90 Å². The maximum absolute atomic E-state index is 12.1. The average molecular weight is 259 g/mol. The molecule has 5 heteroatoms. The fraction of sp³-hybridized carbons (Fsp3) is 0.357. The zero-order valence-electron chi connectivity index (χ0n) is 10.5. The van der Waals surface area contributed by atoms with Crippen molar-refractivity contribution in [2.45, 2.75) is 6.42 Å². The number of fused-ring (bicyclic) bond motifs is 1. The highest BCUT2D eigenvalue weighted by Gasteiger charge is 2.47. The van der Waals surface area contributed by atoms with E-state index in [0.29, 0.717) is 24.1 Å². The molecule has 1 heterocycles. The van der Waals surface area contributed by atoms with E-state index in [2.05, 4.69) is 4.74 Å². The maximum atomic E-state index is 12.1. The quantitative estimate of drug-likeness (QED) is 0.602. The van der Waals surface area contributed by atoms with Crippen molar-refractivity contribution in [2.75, 3.05) is 13.7 Å². The molecule has 2 atom stereocenters. The Morgan fingerprint density at radius 3 is 2.37 bits per heavy atom. The van der Waals surface area contributed by atoms with Crippen molar-refractivity contribution in [3.63, 3.8) is 0 Å². The van der Waals surface area contributed by atoms with Crippen LogP contribution < -0.4 is 0 Å². The second-order valence-corrected chi connectivity index (χ2v) is 4.89. The first-order valence-electron chi connectivity index (χ1n) is 6.16. The van der Waals surface area contributed by atoms with Gasteiger partial charge in [0.15, 0.2) is 0 Å². The third-order valence-corrected chi connectivity index (χ3v) is 3.72. The highest BCUT2D eigenvalue weighted by molar-refractivity contribution is 6.21. The summed E-state index contributed by atoms with van der Waals surface area (Å²) in [4.78, 5) is 36.8.